The number of imidazole rings is 1. The molecule has 4 aromatic rings. The molecule has 0 atom stereocenters. The summed E-state index contributed by atoms with van der Waals surface area (Å²) in [6.07, 6.45) is 0. The van der Waals surface area contributed by atoms with Crippen LogP contribution in [0.5, 0.6) is 11.6 Å². The summed E-state index contributed by atoms with van der Waals surface area (Å²) in [5.74, 6) is 2.63. The molecule has 4 rings (SSSR count). The SMILES string of the molecule is CNc1ccc(Nc2nc3ccc(C(C)(C)C)cc3[nH]2)c(Oc2ccccc2C(C)(C)C)n1. The quantitative estimate of drug-likeness (QED) is 0.306. The first-order chi connectivity index (χ1) is 15.5. The average molecular weight is 444 g/mol. The molecule has 6 nitrogen and oxygen atoms in total. The van der Waals surface area contributed by atoms with Crippen LogP contribution in [0, 0.1) is 0 Å². The molecule has 0 saturated carbocycles. The Morgan fingerprint density at radius 2 is 1.61 bits per heavy atom. The summed E-state index contributed by atoms with van der Waals surface area (Å²) in [6, 6.07) is 18.3. The van der Waals surface area contributed by atoms with Crippen molar-refractivity contribution in [2.24, 2.45) is 0 Å². The zero-order valence-corrected chi connectivity index (χ0v) is 20.5. The maximum Gasteiger partial charge on any atom is 0.245 e. The van der Waals surface area contributed by atoms with E-state index >= 15 is 0 Å². The first kappa shape index (κ1) is 22.6. The molecule has 0 aliphatic carbocycles. The number of H-pyrrole nitrogens is 1. The Morgan fingerprint density at radius 1 is 0.848 bits per heavy atom. The second-order valence-electron chi connectivity index (χ2n) is 10.3. The number of pyridine rings is 1. The van der Waals surface area contributed by atoms with Crippen molar-refractivity contribution in [3.8, 4) is 11.6 Å². The van der Waals surface area contributed by atoms with E-state index in [1.165, 1.54) is 5.56 Å². The van der Waals surface area contributed by atoms with Crippen molar-refractivity contribution in [1.82, 2.24) is 15.0 Å². The summed E-state index contributed by atoms with van der Waals surface area (Å²) in [7, 11) is 1.84. The van der Waals surface area contributed by atoms with Gasteiger partial charge in [0, 0.05) is 12.6 Å². The Bertz CT molecular complexity index is 1280. The highest BCUT2D eigenvalue weighted by Crippen LogP contribution is 2.37. The minimum Gasteiger partial charge on any atom is -0.437 e. The molecule has 6 heteroatoms. The van der Waals surface area contributed by atoms with Gasteiger partial charge in [0.25, 0.3) is 0 Å². The fraction of sp³-hybridized carbons (Fsp3) is 0.333. The summed E-state index contributed by atoms with van der Waals surface area (Å²) >= 11 is 0. The van der Waals surface area contributed by atoms with Crippen LogP contribution in [-0.4, -0.2) is 22.0 Å². The number of aromatic nitrogens is 3. The van der Waals surface area contributed by atoms with E-state index in [1.807, 2.05) is 37.4 Å². The number of rotatable bonds is 5. The molecule has 0 spiro atoms. The summed E-state index contributed by atoms with van der Waals surface area (Å²) < 4.78 is 6.36. The van der Waals surface area contributed by atoms with Gasteiger partial charge in [0.05, 0.1) is 11.0 Å². The lowest BCUT2D eigenvalue weighted by atomic mass is 9.86. The molecule has 0 unspecified atom stereocenters. The van der Waals surface area contributed by atoms with Crippen molar-refractivity contribution in [2.75, 3.05) is 17.7 Å². The number of ether oxygens (including phenoxy) is 1. The van der Waals surface area contributed by atoms with Crippen molar-refractivity contribution in [1.29, 1.82) is 0 Å². The van der Waals surface area contributed by atoms with Gasteiger partial charge in [0.1, 0.15) is 17.3 Å². The molecular formula is C27H33N5O. The Labute approximate surface area is 195 Å². The van der Waals surface area contributed by atoms with Gasteiger partial charge in [-0.2, -0.15) is 4.98 Å². The van der Waals surface area contributed by atoms with E-state index in [1.54, 1.807) is 0 Å². The molecule has 0 fully saturated rings. The first-order valence-corrected chi connectivity index (χ1v) is 11.3. The van der Waals surface area contributed by atoms with Gasteiger partial charge in [0.15, 0.2) is 0 Å². The second kappa shape index (κ2) is 8.43. The number of para-hydroxylation sites is 1. The number of fused-ring (bicyclic) bond motifs is 1. The number of anilines is 3. The lowest BCUT2D eigenvalue weighted by Gasteiger charge is -2.23. The fourth-order valence-electron chi connectivity index (χ4n) is 3.69. The third-order valence-corrected chi connectivity index (χ3v) is 5.62. The maximum absolute atomic E-state index is 6.36. The minimum atomic E-state index is -0.0612. The molecule has 2 aromatic heterocycles. The zero-order chi connectivity index (χ0) is 23.8. The van der Waals surface area contributed by atoms with Crippen LogP contribution in [0.25, 0.3) is 11.0 Å². The third kappa shape index (κ3) is 4.95. The fourth-order valence-corrected chi connectivity index (χ4v) is 3.69. The number of nitrogens with one attached hydrogen (secondary N) is 3. The summed E-state index contributed by atoms with van der Waals surface area (Å²) in [6.45, 7) is 13.1. The Morgan fingerprint density at radius 3 is 2.30 bits per heavy atom. The third-order valence-electron chi connectivity index (χ3n) is 5.62. The van der Waals surface area contributed by atoms with Gasteiger partial charge in [-0.25, -0.2) is 4.98 Å². The van der Waals surface area contributed by atoms with E-state index in [4.69, 9.17) is 9.72 Å². The van der Waals surface area contributed by atoms with Gasteiger partial charge < -0.3 is 20.4 Å². The molecule has 3 N–H and O–H groups in total. The number of aromatic amines is 1. The molecular weight excluding hydrogens is 410 g/mol. The van der Waals surface area contributed by atoms with Crippen LogP contribution in [-0.2, 0) is 10.8 Å². The number of nitrogens with zero attached hydrogens (tertiary/aromatic N) is 2. The lowest BCUT2D eigenvalue weighted by molar-refractivity contribution is 0.442. The van der Waals surface area contributed by atoms with Crippen molar-refractivity contribution in [2.45, 2.75) is 52.4 Å². The molecule has 0 aliphatic rings. The Hall–Kier alpha value is -3.54. The van der Waals surface area contributed by atoms with Crippen LogP contribution < -0.4 is 15.4 Å². The summed E-state index contributed by atoms with van der Waals surface area (Å²) in [5.41, 5.74) is 5.01. The predicted molar refractivity (Wildman–Crippen MR) is 137 cm³/mol. The van der Waals surface area contributed by atoms with Crippen molar-refractivity contribution < 1.29 is 4.74 Å². The lowest BCUT2D eigenvalue weighted by Crippen LogP contribution is -2.12. The van der Waals surface area contributed by atoms with Crippen LogP contribution in [0.15, 0.2) is 54.6 Å². The molecule has 172 valence electrons. The van der Waals surface area contributed by atoms with E-state index < -0.39 is 0 Å². The summed E-state index contributed by atoms with van der Waals surface area (Å²) in [5, 5.41) is 6.46. The van der Waals surface area contributed by atoms with Crippen molar-refractivity contribution >= 4 is 28.5 Å². The van der Waals surface area contributed by atoms with Crippen LogP contribution in [0.1, 0.15) is 52.7 Å². The van der Waals surface area contributed by atoms with Gasteiger partial charge in [-0.05, 0) is 46.7 Å². The van der Waals surface area contributed by atoms with Gasteiger partial charge >= 0.3 is 0 Å². The standard InChI is InChI=1S/C27H33N5O/c1-26(2,3)17-12-13-19-21(16-17)31-25(29-19)30-20-14-15-23(28-7)32-24(20)33-22-11-9-8-10-18(22)27(4,5)6/h8-16H,1-7H3,(H,28,32)(H2,29,30,31). The smallest absolute Gasteiger partial charge is 0.245 e. The highest BCUT2D eigenvalue weighted by atomic mass is 16.5. The topological polar surface area (TPSA) is 74.9 Å². The molecule has 0 amide bonds. The minimum absolute atomic E-state index is 0.0612. The normalized spacial score (nSPS) is 12.1. The molecule has 0 saturated heterocycles. The van der Waals surface area contributed by atoms with Crippen molar-refractivity contribution in [3.05, 3.63) is 65.7 Å². The Balaban J connectivity index is 1.70. The molecule has 0 bridgehead atoms. The molecule has 2 heterocycles. The first-order valence-electron chi connectivity index (χ1n) is 11.3. The highest BCUT2D eigenvalue weighted by molar-refractivity contribution is 5.80. The van der Waals surface area contributed by atoms with E-state index in [9.17, 15) is 0 Å². The summed E-state index contributed by atoms with van der Waals surface area (Å²) in [4.78, 5) is 12.8. The zero-order valence-electron chi connectivity index (χ0n) is 20.5. The van der Waals surface area contributed by atoms with E-state index in [0.717, 1.165) is 33.9 Å². The Kier molecular flexibility index (Phi) is 5.78. The van der Waals surface area contributed by atoms with Crippen molar-refractivity contribution in [3.63, 3.8) is 0 Å². The molecule has 0 aliphatic heterocycles. The van der Waals surface area contributed by atoms with Gasteiger partial charge in [-0.15, -0.1) is 0 Å². The number of hydrogen-bond donors (Lipinski definition) is 3. The molecule has 0 radical (unpaired) electrons. The predicted octanol–water partition coefficient (Wildman–Crippen LogP) is 7.13. The number of hydrogen-bond acceptors (Lipinski definition) is 5. The molecule has 33 heavy (non-hydrogen) atoms. The van der Waals surface area contributed by atoms with Gasteiger partial charge in [-0.3, -0.25) is 0 Å². The largest absolute Gasteiger partial charge is 0.437 e. The van der Waals surface area contributed by atoms with E-state index in [-0.39, 0.29) is 10.8 Å². The second-order valence-corrected chi connectivity index (χ2v) is 10.3. The number of benzene rings is 2. The van der Waals surface area contributed by atoms with E-state index in [2.05, 4.69) is 86.4 Å². The van der Waals surface area contributed by atoms with Gasteiger partial charge in [-0.1, -0.05) is 65.8 Å². The van der Waals surface area contributed by atoms with Crippen LogP contribution in [0.4, 0.5) is 17.5 Å². The van der Waals surface area contributed by atoms with E-state index in [0.29, 0.717) is 11.8 Å². The van der Waals surface area contributed by atoms with Gasteiger partial charge in [0.2, 0.25) is 11.8 Å². The average Bonchev–Trinajstić information content (AvgIpc) is 3.15. The highest BCUT2D eigenvalue weighted by Gasteiger charge is 2.21. The maximum atomic E-state index is 6.36. The van der Waals surface area contributed by atoms with Crippen LogP contribution in [0.2, 0.25) is 0 Å². The van der Waals surface area contributed by atoms with Crippen LogP contribution >= 0.6 is 0 Å². The molecule has 2 aromatic carbocycles. The monoisotopic (exact) mass is 443 g/mol. The van der Waals surface area contributed by atoms with Crippen LogP contribution in [0.3, 0.4) is 0 Å².